The molecule has 2 aromatic heterocycles. The molecule has 0 unspecified atom stereocenters. The van der Waals surface area contributed by atoms with Gasteiger partial charge in [-0.1, -0.05) is 0 Å². The van der Waals surface area contributed by atoms with Crippen molar-refractivity contribution >= 4 is 21.7 Å². The van der Waals surface area contributed by atoms with Gasteiger partial charge in [-0.15, -0.1) is 0 Å². The molecule has 0 spiro atoms. The number of carbonyl (C=O) groups excluding carboxylic acids is 1. The summed E-state index contributed by atoms with van der Waals surface area (Å²) in [4.78, 5) is 16.2. The first-order valence-corrected chi connectivity index (χ1v) is 12.1. The quantitative estimate of drug-likeness (QED) is 0.356. The van der Waals surface area contributed by atoms with E-state index in [0.29, 0.717) is 19.2 Å². The Morgan fingerprint density at radius 3 is 2.30 bits per heavy atom. The molecule has 37 heavy (non-hydrogen) atoms. The molecule has 0 radical (unpaired) electrons. The van der Waals surface area contributed by atoms with Crippen LogP contribution < -0.4 is 39.6 Å². The predicted octanol–water partition coefficient (Wildman–Crippen LogP) is -1.29. The van der Waals surface area contributed by atoms with Crippen LogP contribution in [0.3, 0.4) is 0 Å². The summed E-state index contributed by atoms with van der Waals surface area (Å²) in [5, 5.41) is 20.3. The molecule has 0 aliphatic carbocycles. The van der Waals surface area contributed by atoms with E-state index in [1.807, 2.05) is 4.90 Å². The third kappa shape index (κ3) is 6.34. The molecule has 0 saturated carbocycles. The summed E-state index contributed by atoms with van der Waals surface area (Å²) in [5.41, 5.74) is -0.653. The van der Waals surface area contributed by atoms with Gasteiger partial charge >= 0.3 is 35.7 Å². The minimum absolute atomic E-state index is 0. The fourth-order valence-corrected chi connectivity index (χ4v) is 5.52. The molecule has 3 heterocycles. The summed E-state index contributed by atoms with van der Waals surface area (Å²) in [5.74, 6) is -1.46. The zero-order valence-electron chi connectivity index (χ0n) is 19.6. The Kier molecular flexibility index (Phi) is 8.71. The third-order valence-corrected chi connectivity index (χ3v) is 7.64. The normalized spacial score (nSPS) is 14.6. The molecular weight excluding hydrogens is 522 g/mol. The van der Waals surface area contributed by atoms with Crippen molar-refractivity contribution in [2.45, 2.75) is 17.6 Å². The van der Waals surface area contributed by atoms with Crippen molar-refractivity contribution in [3.63, 3.8) is 0 Å². The van der Waals surface area contributed by atoms with Crippen LogP contribution in [0.5, 0.6) is 0 Å². The SMILES string of the molecule is N#Cc1cn(CC(=O)[O-])cc1-c1cc(C(F)(F)F)cc(S(=O)(=O)N2CCN(c3ccncc3)CC2)c1.[Na+]. The van der Waals surface area contributed by atoms with Gasteiger partial charge in [-0.2, -0.15) is 22.7 Å². The van der Waals surface area contributed by atoms with Gasteiger partial charge in [0.1, 0.15) is 6.07 Å². The summed E-state index contributed by atoms with van der Waals surface area (Å²) >= 11 is 0. The van der Waals surface area contributed by atoms with Gasteiger partial charge in [0.15, 0.2) is 0 Å². The summed E-state index contributed by atoms with van der Waals surface area (Å²) < 4.78 is 70.1. The molecule has 0 amide bonds. The second-order valence-corrected chi connectivity index (χ2v) is 10.0. The van der Waals surface area contributed by atoms with E-state index in [1.165, 1.54) is 6.20 Å². The second kappa shape index (κ2) is 11.2. The van der Waals surface area contributed by atoms with Gasteiger partial charge in [0.25, 0.3) is 0 Å². The summed E-state index contributed by atoms with van der Waals surface area (Å²) in [6.07, 6.45) is 0.684. The number of hydrogen-bond donors (Lipinski definition) is 0. The van der Waals surface area contributed by atoms with Crippen molar-refractivity contribution in [3.8, 4) is 17.2 Å². The molecule has 1 aliphatic rings. The number of sulfonamides is 1. The maximum atomic E-state index is 13.7. The topological polar surface area (TPSA) is 122 Å². The number of alkyl halides is 3. The van der Waals surface area contributed by atoms with Crippen LogP contribution in [0.1, 0.15) is 11.1 Å². The first-order chi connectivity index (χ1) is 17.0. The minimum atomic E-state index is -4.86. The van der Waals surface area contributed by atoms with Gasteiger partial charge in [0.2, 0.25) is 10.0 Å². The monoisotopic (exact) mass is 541 g/mol. The number of aliphatic carboxylic acids is 1. The minimum Gasteiger partial charge on any atom is -0.548 e. The van der Waals surface area contributed by atoms with Crippen LogP contribution >= 0.6 is 0 Å². The average Bonchev–Trinajstić information content (AvgIpc) is 3.26. The molecule has 0 bridgehead atoms. The van der Waals surface area contributed by atoms with Crippen LogP contribution in [0, 0.1) is 11.3 Å². The van der Waals surface area contributed by atoms with E-state index in [0.717, 1.165) is 32.9 Å². The zero-order valence-corrected chi connectivity index (χ0v) is 22.5. The van der Waals surface area contributed by atoms with Gasteiger partial charge in [-0.3, -0.25) is 4.98 Å². The van der Waals surface area contributed by atoms with Crippen molar-refractivity contribution < 1.29 is 61.0 Å². The van der Waals surface area contributed by atoms with Crippen LogP contribution in [0.4, 0.5) is 18.9 Å². The van der Waals surface area contributed by atoms with Crippen LogP contribution in [0.25, 0.3) is 11.1 Å². The number of nitrogens with zero attached hydrogens (tertiary/aromatic N) is 5. The number of aromatic nitrogens is 2. The van der Waals surface area contributed by atoms with Crippen molar-refractivity contribution in [2.75, 3.05) is 31.1 Å². The Morgan fingerprint density at radius 2 is 1.73 bits per heavy atom. The van der Waals surface area contributed by atoms with E-state index in [9.17, 15) is 36.8 Å². The number of carboxylic acid groups (broad SMARTS) is 1. The Balaban J connectivity index is 0.00000380. The zero-order chi connectivity index (χ0) is 26.1. The first-order valence-electron chi connectivity index (χ1n) is 10.7. The van der Waals surface area contributed by atoms with E-state index in [4.69, 9.17) is 0 Å². The van der Waals surface area contributed by atoms with E-state index >= 15 is 0 Å². The molecule has 188 valence electrons. The van der Waals surface area contributed by atoms with E-state index in [-0.39, 0.29) is 59.3 Å². The number of nitriles is 1. The fraction of sp³-hybridized carbons (Fsp3) is 0.261. The maximum absolute atomic E-state index is 13.7. The van der Waals surface area contributed by atoms with Crippen molar-refractivity contribution in [1.82, 2.24) is 13.9 Å². The third-order valence-electron chi connectivity index (χ3n) is 5.76. The van der Waals surface area contributed by atoms with Gasteiger partial charge < -0.3 is 19.4 Å². The van der Waals surface area contributed by atoms with Crippen LogP contribution in [-0.2, 0) is 27.5 Å². The van der Waals surface area contributed by atoms with Crippen LogP contribution in [0.2, 0.25) is 0 Å². The van der Waals surface area contributed by atoms with Crippen molar-refractivity contribution in [3.05, 3.63) is 66.2 Å². The number of benzene rings is 1. The van der Waals surface area contributed by atoms with E-state index in [2.05, 4.69) is 4.98 Å². The first kappa shape index (κ1) is 28.7. The number of carboxylic acids is 1. The van der Waals surface area contributed by atoms with E-state index < -0.39 is 39.2 Å². The smallest absolute Gasteiger partial charge is 0.548 e. The Bertz CT molecular complexity index is 1430. The molecule has 1 aliphatic heterocycles. The number of carbonyl (C=O) groups is 1. The van der Waals surface area contributed by atoms with Gasteiger partial charge in [-0.05, 0) is 35.9 Å². The number of anilines is 1. The molecular formula is C23H19F3N5NaO4S. The molecule has 4 rings (SSSR count). The maximum Gasteiger partial charge on any atom is 1.00 e. The second-order valence-electron chi connectivity index (χ2n) is 8.08. The van der Waals surface area contributed by atoms with Crippen LogP contribution in [0.15, 0.2) is 60.0 Å². The molecule has 9 nitrogen and oxygen atoms in total. The number of halogens is 3. The van der Waals surface area contributed by atoms with Crippen LogP contribution in [-0.4, -0.2) is 54.4 Å². The number of pyridine rings is 1. The molecule has 1 aromatic carbocycles. The predicted molar refractivity (Wildman–Crippen MR) is 120 cm³/mol. The average molecular weight is 541 g/mol. The van der Waals surface area contributed by atoms with Crippen molar-refractivity contribution in [1.29, 1.82) is 5.26 Å². The van der Waals surface area contributed by atoms with Crippen molar-refractivity contribution in [2.24, 2.45) is 0 Å². The molecule has 0 atom stereocenters. The Labute approximate surface area is 233 Å². The summed E-state index contributed by atoms with van der Waals surface area (Å²) in [6.45, 7) is 0.156. The molecule has 0 N–H and O–H groups in total. The number of piperazine rings is 1. The molecule has 1 fully saturated rings. The number of rotatable bonds is 6. The van der Waals surface area contributed by atoms with E-state index in [1.54, 1.807) is 30.6 Å². The molecule has 14 heteroatoms. The Hall–Kier alpha value is -2.89. The van der Waals surface area contributed by atoms with Gasteiger partial charge in [-0.25, -0.2) is 8.42 Å². The Morgan fingerprint density at radius 1 is 1.08 bits per heavy atom. The number of hydrogen-bond acceptors (Lipinski definition) is 7. The summed E-state index contributed by atoms with van der Waals surface area (Å²) in [7, 11) is -4.31. The van der Waals surface area contributed by atoms with Gasteiger partial charge in [0.05, 0.1) is 28.5 Å². The summed E-state index contributed by atoms with van der Waals surface area (Å²) in [6, 6.07) is 7.74. The fourth-order valence-electron chi connectivity index (χ4n) is 4.03. The standard InChI is InChI=1S/C23H20F3N5O4S.Na/c24-23(25,26)18-9-16(21-14-29(15-22(32)33)13-17(21)12-27)10-20(11-18)36(34,35)31-7-5-30(6-8-31)19-1-3-28-4-2-19;/h1-4,9-11,13-14H,5-8,15H2,(H,32,33);/q;+1/p-1. The largest absolute Gasteiger partial charge is 1.00 e. The van der Waals surface area contributed by atoms with Gasteiger partial charge in [0, 0.05) is 62.2 Å². The molecule has 3 aromatic rings. The molecule has 1 saturated heterocycles.